The molecule has 34 heavy (non-hydrogen) atoms. The van der Waals surface area contributed by atoms with Crippen molar-refractivity contribution in [3.8, 4) is 22.8 Å². The van der Waals surface area contributed by atoms with Crippen LogP contribution in [-0.2, 0) is 11.4 Å². The Bertz CT molecular complexity index is 1470. The van der Waals surface area contributed by atoms with Crippen LogP contribution in [0.1, 0.15) is 21.5 Å². The van der Waals surface area contributed by atoms with Crippen LogP contribution in [0.25, 0.3) is 22.2 Å². The Labute approximate surface area is 204 Å². The van der Waals surface area contributed by atoms with Gasteiger partial charge in [-0.3, -0.25) is 9.59 Å². The summed E-state index contributed by atoms with van der Waals surface area (Å²) in [7, 11) is 1.52. The molecule has 8 heteroatoms. The van der Waals surface area contributed by atoms with Gasteiger partial charge in [-0.1, -0.05) is 23.7 Å². The van der Waals surface area contributed by atoms with Crippen LogP contribution in [0.3, 0.4) is 0 Å². The number of carboxylic acid groups (broad SMARTS) is 1. The molecule has 0 atom stereocenters. The molecule has 0 saturated carbocycles. The van der Waals surface area contributed by atoms with Crippen molar-refractivity contribution < 1.29 is 24.2 Å². The van der Waals surface area contributed by atoms with E-state index < -0.39 is 5.97 Å². The minimum Gasteiger partial charge on any atom is -0.495 e. The summed E-state index contributed by atoms with van der Waals surface area (Å²) in [5.41, 5.74) is 3.56. The highest BCUT2D eigenvalue weighted by atomic mass is 35.5. The SMILES string of the molecule is COc1c(-c2ccc3ccc(Cl)cc3n2)ccc2c1C(=O)c1ccc(SCC(=O)O)cc1CO2. The molecule has 1 aliphatic heterocycles. The van der Waals surface area contributed by atoms with Crippen LogP contribution in [0.5, 0.6) is 11.5 Å². The van der Waals surface area contributed by atoms with E-state index in [1.807, 2.05) is 30.3 Å². The van der Waals surface area contributed by atoms with E-state index in [0.717, 1.165) is 15.8 Å². The maximum Gasteiger partial charge on any atom is 0.313 e. The first kappa shape index (κ1) is 22.3. The van der Waals surface area contributed by atoms with Crippen molar-refractivity contribution in [2.75, 3.05) is 12.9 Å². The second kappa shape index (κ2) is 9.00. The lowest BCUT2D eigenvalue weighted by molar-refractivity contribution is -0.133. The molecule has 0 amide bonds. The van der Waals surface area contributed by atoms with Gasteiger partial charge in [-0.05, 0) is 48.5 Å². The number of rotatable bonds is 5. The number of carboxylic acids is 1. The molecule has 3 aromatic carbocycles. The second-order valence-corrected chi connectivity index (χ2v) is 9.16. The Kier molecular flexibility index (Phi) is 5.89. The van der Waals surface area contributed by atoms with Crippen molar-refractivity contribution in [2.24, 2.45) is 0 Å². The van der Waals surface area contributed by atoms with E-state index in [9.17, 15) is 9.59 Å². The molecule has 0 aliphatic carbocycles. The number of aliphatic carboxylic acids is 1. The third-order valence-corrected chi connectivity index (χ3v) is 6.76. The van der Waals surface area contributed by atoms with Gasteiger partial charge >= 0.3 is 5.97 Å². The Morgan fingerprint density at radius 3 is 2.71 bits per heavy atom. The fourth-order valence-corrected chi connectivity index (χ4v) is 4.84. The van der Waals surface area contributed by atoms with Gasteiger partial charge in [0.15, 0.2) is 0 Å². The lowest BCUT2D eigenvalue weighted by atomic mass is 9.95. The minimum absolute atomic E-state index is 0.0605. The summed E-state index contributed by atoms with van der Waals surface area (Å²) in [5.74, 6) is -0.380. The number of halogens is 1. The van der Waals surface area contributed by atoms with E-state index in [0.29, 0.717) is 44.5 Å². The Balaban J connectivity index is 1.60. The van der Waals surface area contributed by atoms with Gasteiger partial charge in [0.25, 0.3) is 0 Å². The van der Waals surface area contributed by atoms with Crippen LogP contribution >= 0.6 is 23.4 Å². The molecule has 1 N–H and O–H groups in total. The van der Waals surface area contributed by atoms with Gasteiger partial charge < -0.3 is 14.6 Å². The van der Waals surface area contributed by atoms with E-state index in [1.54, 1.807) is 30.3 Å². The van der Waals surface area contributed by atoms with E-state index in [-0.39, 0.29) is 18.1 Å². The van der Waals surface area contributed by atoms with E-state index in [2.05, 4.69) is 0 Å². The maximum atomic E-state index is 13.6. The van der Waals surface area contributed by atoms with E-state index in [4.69, 9.17) is 31.2 Å². The number of fused-ring (bicyclic) bond motifs is 3. The van der Waals surface area contributed by atoms with E-state index in [1.165, 1.54) is 18.9 Å². The van der Waals surface area contributed by atoms with Gasteiger partial charge in [0, 0.05) is 32.0 Å². The normalized spacial score (nSPS) is 12.5. The van der Waals surface area contributed by atoms with Crippen molar-refractivity contribution in [2.45, 2.75) is 11.5 Å². The van der Waals surface area contributed by atoms with Gasteiger partial charge in [-0.25, -0.2) is 4.98 Å². The first-order chi connectivity index (χ1) is 16.4. The highest BCUT2D eigenvalue weighted by molar-refractivity contribution is 8.00. The number of carbonyl (C=O) groups excluding carboxylic acids is 1. The molecule has 6 nitrogen and oxygen atoms in total. The summed E-state index contributed by atoms with van der Waals surface area (Å²) in [5, 5.41) is 10.5. The summed E-state index contributed by atoms with van der Waals surface area (Å²) in [4.78, 5) is 30.0. The first-order valence-corrected chi connectivity index (χ1v) is 11.7. The molecular formula is C26H18ClNO5S. The van der Waals surface area contributed by atoms with Crippen molar-refractivity contribution in [1.82, 2.24) is 4.98 Å². The van der Waals surface area contributed by atoms with Crippen molar-refractivity contribution >= 4 is 46.0 Å². The molecule has 0 fully saturated rings. The molecule has 0 unspecified atom stereocenters. The summed E-state index contributed by atoms with van der Waals surface area (Å²) < 4.78 is 11.7. The number of benzene rings is 3. The lowest BCUT2D eigenvalue weighted by Crippen LogP contribution is -2.06. The summed E-state index contributed by atoms with van der Waals surface area (Å²) in [6, 6.07) is 18.2. The lowest BCUT2D eigenvalue weighted by Gasteiger charge is -2.15. The first-order valence-electron chi connectivity index (χ1n) is 10.4. The Hall–Kier alpha value is -3.55. The highest BCUT2D eigenvalue weighted by Crippen LogP contribution is 2.42. The third kappa shape index (κ3) is 4.08. The van der Waals surface area contributed by atoms with Gasteiger partial charge in [0.1, 0.15) is 23.7 Å². The summed E-state index contributed by atoms with van der Waals surface area (Å²) in [6.45, 7) is 0.185. The van der Waals surface area contributed by atoms with Gasteiger partial charge in [0.05, 0.1) is 24.1 Å². The van der Waals surface area contributed by atoms with Gasteiger partial charge in [0.2, 0.25) is 5.78 Å². The molecule has 0 bridgehead atoms. The number of thioether (sulfide) groups is 1. The topological polar surface area (TPSA) is 85.7 Å². The predicted molar refractivity (Wildman–Crippen MR) is 131 cm³/mol. The molecule has 0 saturated heterocycles. The molecule has 1 aromatic heterocycles. The smallest absolute Gasteiger partial charge is 0.313 e. The molecule has 0 radical (unpaired) electrons. The maximum absolute atomic E-state index is 13.6. The largest absolute Gasteiger partial charge is 0.495 e. The van der Waals surface area contributed by atoms with Crippen molar-refractivity contribution in [1.29, 1.82) is 0 Å². The van der Waals surface area contributed by atoms with Crippen molar-refractivity contribution in [3.63, 3.8) is 0 Å². The molecule has 170 valence electrons. The van der Waals surface area contributed by atoms with Gasteiger partial charge in [-0.15, -0.1) is 11.8 Å². The molecule has 2 heterocycles. The zero-order chi connectivity index (χ0) is 23.8. The third-order valence-electron chi connectivity index (χ3n) is 5.55. The monoisotopic (exact) mass is 491 g/mol. The molecule has 1 aliphatic rings. The van der Waals surface area contributed by atoms with Gasteiger partial charge in [-0.2, -0.15) is 0 Å². The average Bonchev–Trinajstić information content (AvgIpc) is 2.98. The van der Waals surface area contributed by atoms with Crippen LogP contribution in [-0.4, -0.2) is 34.7 Å². The number of pyridine rings is 1. The van der Waals surface area contributed by atoms with E-state index >= 15 is 0 Å². The molecule has 0 spiro atoms. The number of ether oxygens (including phenoxy) is 2. The zero-order valence-corrected chi connectivity index (χ0v) is 19.6. The van der Waals surface area contributed by atoms with Crippen LogP contribution in [0.4, 0.5) is 0 Å². The number of aromatic nitrogens is 1. The molecule has 5 rings (SSSR count). The number of nitrogens with zero attached hydrogens (tertiary/aromatic N) is 1. The average molecular weight is 492 g/mol. The minimum atomic E-state index is -0.901. The second-order valence-electron chi connectivity index (χ2n) is 7.67. The Morgan fingerprint density at radius 2 is 1.91 bits per heavy atom. The van der Waals surface area contributed by atoms with Crippen LogP contribution in [0, 0.1) is 0 Å². The fraction of sp³-hybridized carbons (Fsp3) is 0.115. The number of hydrogen-bond donors (Lipinski definition) is 1. The summed E-state index contributed by atoms with van der Waals surface area (Å²) in [6.07, 6.45) is 0. The van der Waals surface area contributed by atoms with Crippen LogP contribution in [0.15, 0.2) is 65.6 Å². The fourth-order valence-electron chi connectivity index (χ4n) is 3.99. The number of methoxy groups -OCH3 is 1. The molecule has 4 aromatic rings. The quantitative estimate of drug-likeness (QED) is 0.350. The number of carbonyl (C=O) groups is 2. The number of ketones is 1. The predicted octanol–water partition coefficient (Wildman–Crippen LogP) is 5.86. The Morgan fingerprint density at radius 1 is 1.12 bits per heavy atom. The van der Waals surface area contributed by atoms with Crippen LogP contribution < -0.4 is 9.47 Å². The summed E-state index contributed by atoms with van der Waals surface area (Å²) >= 11 is 7.34. The highest BCUT2D eigenvalue weighted by Gasteiger charge is 2.28. The molecular weight excluding hydrogens is 474 g/mol. The van der Waals surface area contributed by atoms with Crippen molar-refractivity contribution in [3.05, 3.63) is 82.4 Å². The van der Waals surface area contributed by atoms with Crippen LogP contribution in [0.2, 0.25) is 5.02 Å². The standard InChI is InChI=1S/C26H18ClNO5S/c1-32-26-19(20-8-3-14-2-4-16(27)11-21(14)28-20)7-9-22-24(26)25(31)18-6-5-17(34-13-23(29)30)10-15(18)12-33-22/h2-11H,12-13H2,1H3,(H,29,30). The zero-order valence-electron chi connectivity index (χ0n) is 18.0. The number of hydrogen-bond acceptors (Lipinski definition) is 6.